The van der Waals surface area contributed by atoms with E-state index in [1.54, 1.807) is 44.2 Å². The Hall–Kier alpha value is -2.11. The molecule has 0 fully saturated rings. The van der Waals surface area contributed by atoms with E-state index in [-0.39, 0.29) is 12.1 Å². The summed E-state index contributed by atoms with van der Waals surface area (Å²) in [6.07, 6.45) is -0.942. The molecule has 22 heavy (non-hydrogen) atoms. The first-order valence-electron chi connectivity index (χ1n) is 6.81. The summed E-state index contributed by atoms with van der Waals surface area (Å²) >= 11 is 5.99. The third-order valence-corrected chi connectivity index (χ3v) is 3.66. The first-order chi connectivity index (χ1) is 10.4. The van der Waals surface area contributed by atoms with Crippen molar-refractivity contribution in [1.82, 2.24) is 10.3 Å². The molecule has 0 aliphatic carbocycles. The van der Waals surface area contributed by atoms with Gasteiger partial charge in [0, 0.05) is 22.8 Å². The van der Waals surface area contributed by atoms with Gasteiger partial charge in [0.05, 0.1) is 6.10 Å². The number of aryl methyl sites for hydroxylation is 2. The van der Waals surface area contributed by atoms with Crippen molar-refractivity contribution in [3.8, 4) is 0 Å². The first kappa shape index (κ1) is 16.3. The Labute approximate surface area is 133 Å². The van der Waals surface area contributed by atoms with Gasteiger partial charge in [-0.1, -0.05) is 29.8 Å². The highest BCUT2D eigenvalue weighted by molar-refractivity contribution is 6.31. The Morgan fingerprint density at radius 1 is 1.36 bits per heavy atom. The van der Waals surface area contributed by atoms with E-state index in [9.17, 15) is 14.7 Å². The van der Waals surface area contributed by atoms with E-state index in [1.807, 2.05) is 0 Å². The van der Waals surface area contributed by atoms with Crippen LogP contribution in [0, 0.1) is 13.8 Å². The molecule has 0 bridgehead atoms. The van der Waals surface area contributed by atoms with Crippen LogP contribution in [0.3, 0.4) is 0 Å². The number of aromatic nitrogens is 1. The van der Waals surface area contributed by atoms with Crippen LogP contribution in [0.5, 0.6) is 0 Å². The second kappa shape index (κ2) is 6.77. The van der Waals surface area contributed by atoms with Gasteiger partial charge < -0.3 is 15.4 Å². The summed E-state index contributed by atoms with van der Waals surface area (Å²) in [7, 11) is 0. The van der Waals surface area contributed by atoms with Gasteiger partial charge in [-0.15, -0.1) is 0 Å². The fourth-order valence-corrected chi connectivity index (χ4v) is 2.53. The van der Waals surface area contributed by atoms with Gasteiger partial charge >= 0.3 is 0 Å². The van der Waals surface area contributed by atoms with Crippen LogP contribution < -0.4 is 10.9 Å². The number of rotatable bonds is 4. The molecule has 1 amide bonds. The average Bonchev–Trinajstić information content (AvgIpc) is 2.44. The highest BCUT2D eigenvalue weighted by Gasteiger charge is 2.17. The quantitative estimate of drug-likeness (QED) is 0.807. The van der Waals surface area contributed by atoms with Crippen LogP contribution in [0.15, 0.2) is 35.1 Å². The number of carbonyl (C=O) groups excluding carboxylic acids is 1. The number of benzene rings is 1. The van der Waals surface area contributed by atoms with Crippen LogP contribution in [-0.4, -0.2) is 22.5 Å². The van der Waals surface area contributed by atoms with Crippen molar-refractivity contribution < 1.29 is 9.90 Å². The van der Waals surface area contributed by atoms with Crippen LogP contribution >= 0.6 is 11.6 Å². The molecular weight excluding hydrogens is 304 g/mol. The average molecular weight is 321 g/mol. The number of aliphatic hydroxyl groups excluding tert-OH is 1. The first-order valence-corrected chi connectivity index (χ1v) is 7.19. The standard InChI is InChI=1S/C16H17ClN2O3/c1-9-7-10(2)19-16(22)14(9)15(21)18-8-13(20)11-5-3-4-6-12(11)17/h3-7,13,20H,8H2,1-2H3,(H,18,21)(H,19,22). The number of halogens is 1. The third kappa shape index (κ3) is 3.55. The molecule has 1 unspecified atom stereocenters. The molecule has 0 spiro atoms. The van der Waals surface area contributed by atoms with E-state index in [1.165, 1.54) is 0 Å². The second-order valence-corrected chi connectivity index (χ2v) is 5.49. The SMILES string of the molecule is Cc1cc(C)c(C(=O)NCC(O)c2ccccc2Cl)c(=O)[nH]1. The number of aliphatic hydroxyl groups is 1. The van der Waals surface area contributed by atoms with E-state index in [0.29, 0.717) is 21.8 Å². The number of pyridine rings is 1. The zero-order valence-electron chi connectivity index (χ0n) is 12.3. The predicted octanol–water partition coefficient (Wildman–Crippen LogP) is 2.11. The van der Waals surface area contributed by atoms with Gasteiger partial charge in [0.15, 0.2) is 0 Å². The minimum absolute atomic E-state index is 0.0324. The number of amides is 1. The minimum Gasteiger partial charge on any atom is -0.387 e. The molecule has 0 aliphatic heterocycles. The largest absolute Gasteiger partial charge is 0.387 e. The van der Waals surface area contributed by atoms with Crippen molar-refractivity contribution in [3.63, 3.8) is 0 Å². The fraction of sp³-hybridized carbons (Fsp3) is 0.250. The molecule has 1 aromatic carbocycles. The Balaban J connectivity index is 2.11. The van der Waals surface area contributed by atoms with Crippen molar-refractivity contribution in [2.75, 3.05) is 6.54 Å². The maximum Gasteiger partial charge on any atom is 0.261 e. The van der Waals surface area contributed by atoms with Gasteiger partial charge in [0.1, 0.15) is 5.56 Å². The lowest BCUT2D eigenvalue weighted by molar-refractivity contribution is 0.0914. The Morgan fingerprint density at radius 3 is 2.68 bits per heavy atom. The molecule has 2 aromatic rings. The van der Waals surface area contributed by atoms with E-state index >= 15 is 0 Å². The van der Waals surface area contributed by atoms with Gasteiger partial charge in [0.2, 0.25) is 0 Å². The van der Waals surface area contributed by atoms with Crippen LogP contribution in [0.25, 0.3) is 0 Å². The number of carbonyl (C=O) groups is 1. The predicted molar refractivity (Wildman–Crippen MR) is 85.3 cm³/mol. The summed E-state index contributed by atoms with van der Waals surface area (Å²) in [5.74, 6) is -0.523. The molecule has 0 radical (unpaired) electrons. The van der Waals surface area contributed by atoms with Crippen molar-refractivity contribution in [3.05, 3.63) is 68.1 Å². The van der Waals surface area contributed by atoms with E-state index < -0.39 is 17.6 Å². The topological polar surface area (TPSA) is 82.2 Å². The van der Waals surface area contributed by atoms with E-state index in [2.05, 4.69) is 10.3 Å². The van der Waals surface area contributed by atoms with Crippen LogP contribution in [0.2, 0.25) is 5.02 Å². The lowest BCUT2D eigenvalue weighted by Crippen LogP contribution is -2.33. The minimum atomic E-state index is -0.942. The number of H-pyrrole nitrogens is 1. The number of aromatic amines is 1. The molecule has 0 aliphatic rings. The van der Waals surface area contributed by atoms with Crippen molar-refractivity contribution in [2.24, 2.45) is 0 Å². The number of hydrogen-bond acceptors (Lipinski definition) is 3. The molecule has 3 N–H and O–H groups in total. The van der Waals surface area contributed by atoms with Crippen LogP contribution in [0.1, 0.15) is 33.3 Å². The van der Waals surface area contributed by atoms with Crippen molar-refractivity contribution in [1.29, 1.82) is 0 Å². The Bertz CT molecular complexity index is 755. The number of hydrogen-bond donors (Lipinski definition) is 3. The molecule has 1 heterocycles. The molecule has 5 nitrogen and oxygen atoms in total. The second-order valence-electron chi connectivity index (χ2n) is 5.09. The van der Waals surface area contributed by atoms with Crippen LogP contribution in [0.4, 0.5) is 0 Å². The normalized spacial score (nSPS) is 12.0. The molecule has 2 rings (SSSR count). The molecule has 0 saturated heterocycles. The van der Waals surface area contributed by atoms with E-state index in [4.69, 9.17) is 11.6 Å². The van der Waals surface area contributed by atoms with Crippen molar-refractivity contribution >= 4 is 17.5 Å². The summed E-state index contributed by atoms with van der Waals surface area (Å²) in [4.78, 5) is 26.6. The lowest BCUT2D eigenvalue weighted by atomic mass is 10.1. The lowest BCUT2D eigenvalue weighted by Gasteiger charge is -2.14. The summed E-state index contributed by atoms with van der Waals surface area (Å²) in [6.45, 7) is 3.41. The van der Waals surface area contributed by atoms with Gasteiger partial charge in [-0.25, -0.2) is 0 Å². The Morgan fingerprint density at radius 2 is 2.05 bits per heavy atom. The number of nitrogens with one attached hydrogen (secondary N) is 2. The summed E-state index contributed by atoms with van der Waals surface area (Å²) in [5.41, 5.74) is 1.42. The van der Waals surface area contributed by atoms with Crippen molar-refractivity contribution in [2.45, 2.75) is 20.0 Å². The zero-order chi connectivity index (χ0) is 16.3. The summed E-state index contributed by atoms with van der Waals surface area (Å²) in [6, 6.07) is 8.58. The monoisotopic (exact) mass is 320 g/mol. The maximum absolute atomic E-state index is 12.1. The molecule has 1 aromatic heterocycles. The van der Waals surface area contributed by atoms with Gasteiger partial charge in [-0.05, 0) is 31.5 Å². The molecule has 6 heteroatoms. The van der Waals surface area contributed by atoms with Crippen LogP contribution in [-0.2, 0) is 0 Å². The zero-order valence-corrected chi connectivity index (χ0v) is 13.1. The van der Waals surface area contributed by atoms with Gasteiger partial charge in [0.25, 0.3) is 11.5 Å². The van der Waals surface area contributed by atoms with E-state index in [0.717, 1.165) is 0 Å². The molecule has 0 saturated carbocycles. The molecule has 116 valence electrons. The smallest absolute Gasteiger partial charge is 0.261 e. The fourth-order valence-electron chi connectivity index (χ4n) is 2.27. The highest BCUT2D eigenvalue weighted by atomic mass is 35.5. The third-order valence-electron chi connectivity index (χ3n) is 3.31. The maximum atomic E-state index is 12.1. The van der Waals surface area contributed by atoms with Gasteiger partial charge in [-0.2, -0.15) is 0 Å². The summed E-state index contributed by atoms with van der Waals surface area (Å²) < 4.78 is 0. The molecular formula is C16H17ClN2O3. The van der Waals surface area contributed by atoms with Gasteiger partial charge in [-0.3, -0.25) is 9.59 Å². The highest BCUT2D eigenvalue weighted by Crippen LogP contribution is 2.21. The Kier molecular flexibility index (Phi) is 5.00. The molecule has 1 atom stereocenters. The summed E-state index contributed by atoms with van der Waals surface area (Å²) in [5, 5.41) is 13.1.